The van der Waals surface area contributed by atoms with Crippen LogP contribution in [0.3, 0.4) is 0 Å². The molecule has 0 radical (unpaired) electrons. The highest BCUT2D eigenvalue weighted by Gasteiger charge is 2.19. The third-order valence-electron chi connectivity index (χ3n) is 4.83. The van der Waals surface area contributed by atoms with Gasteiger partial charge in [-0.1, -0.05) is 50.8 Å². The van der Waals surface area contributed by atoms with Crippen molar-refractivity contribution in [1.29, 1.82) is 0 Å². The van der Waals surface area contributed by atoms with Gasteiger partial charge in [-0.25, -0.2) is 0 Å². The standard InChI is InChI=1S/C19H31N3O/c1-3-9-17(20)19(23)21-18-13-8-7-10-15(18)14-22(2)16-11-5-4-6-12-16/h7-8,10,13,16-17H,3-6,9,11-12,14,20H2,1-2H3,(H,21,23). The van der Waals surface area contributed by atoms with Crippen LogP contribution in [0.15, 0.2) is 24.3 Å². The van der Waals surface area contributed by atoms with Crippen molar-refractivity contribution in [2.45, 2.75) is 70.5 Å². The van der Waals surface area contributed by atoms with Crippen LogP contribution in [0.25, 0.3) is 0 Å². The van der Waals surface area contributed by atoms with Crippen molar-refractivity contribution in [1.82, 2.24) is 4.90 Å². The topological polar surface area (TPSA) is 58.4 Å². The van der Waals surface area contributed by atoms with Gasteiger partial charge in [-0.15, -0.1) is 0 Å². The van der Waals surface area contributed by atoms with Gasteiger partial charge in [0.2, 0.25) is 5.91 Å². The first kappa shape index (κ1) is 18.0. The summed E-state index contributed by atoms with van der Waals surface area (Å²) in [7, 11) is 2.19. The van der Waals surface area contributed by atoms with Crippen molar-refractivity contribution in [2.75, 3.05) is 12.4 Å². The molecule has 1 amide bonds. The number of nitrogens with zero attached hydrogens (tertiary/aromatic N) is 1. The smallest absolute Gasteiger partial charge is 0.241 e. The van der Waals surface area contributed by atoms with E-state index in [1.165, 1.54) is 32.1 Å². The number of benzene rings is 1. The van der Waals surface area contributed by atoms with Gasteiger partial charge in [0.05, 0.1) is 6.04 Å². The molecule has 0 aromatic heterocycles. The van der Waals surface area contributed by atoms with Crippen molar-refractivity contribution in [3.8, 4) is 0 Å². The van der Waals surface area contributed by atoms with Crippen molar-refractivity contribution in [2.24, 2.45) is 5.73 Å². The first-order chi connectivity index (χ1) is 11.1. The highest BCUT2D eigenvalue weighted by atomic mass is 16.2. The Bertz CT molecular complexity index is 497. The molecule has 1 aliphatic carbocycles. The zero-order valence-electron chi connectivity index (χ0n) is 14.6. The number of carbonyl (C=O) groups is 1. The maximum absolute atomic E-state index is 12.2. The number of carbonyl (C=O) groups excluding carboxylic acids is 1. The Balaban J connectivity index is 2.00. The minimum absolute atomic E-state index is 0.0837. The molecule has 2 rings (SSSR count). The fourth-order valence-corrected chi connectivity index (χ4v) is 3.37. The SMILES string of the molecule is CCCC(N)C(=O)Nc1ccccc1CN(C)C1CCCCC1. The summed E-state index contributed by atoms with van der Waals surface area (Å²) in [5, 5.41) is 3.01. The summed E-state index contributed by atoms with van der Waals surface area (Å²) in [4.78, 5) is 14.6. The van der Waals surface area contributed by atoms with Crippen molar-refractivity contribution in [3.63, 3.8) is 0 Å². The molecule has 0 heterocycles. The molecule has 128 valence electrons. The van der Waals surface area contributed by atoms with E-state index in [-0.39, 0.29) is 5.91 Å². The van der Waals surface area contributed by atoms with Gasteiger partial charge >= 0.3 is 0 Å². The second-order valence-electron chi connectivity index (χ2n) is 6.75. The Hall–Kier alpha value is -1.39. The molecule has 1 fully saturated rings. The predicted molar refractivity (Wildman–Crippen MR) is 96.3 cm³/mol. The minimum atomic E-state index is -0.427. The highest BCUT2D eigenvalue weighted by molar-refractivity contribution is 5.95. The number of anilines is 1. The van der Waals surface area contributed by atoms with Crippen molar-refractivity contribution in [3.05, 3.63) is 29.8 Å². The maximum atomic E-state index is 12.2. The number of nitrogens with one attached hydrogen (secondary N) is 1. The van der Waals surface area contributed by atoms with E-state index >= 15 is 0 Å². The first-order valence-corrected chi connectivity index (χ1v) is 8.96. The lowest BCUT2D eigenvalue weighted by atomic mass is 9.94. The van der Waals surface area contributed by atoms with Crippen LogP contribution in [0.4, 0.5) is 5.69 Å². The normalized spacial score (nSPS) is 17.2. The van der Waals surface area contributed by atoms with Crippen LogP contribution in [0.2, 0.25) is 0 Å². The molecule has 0 spiro atoms. The molecule has 0 bridgehead atoms. The quantitative estimate of drug-likeness (QED) is 0.809. The van der Waals surface area contributed by atoms with E-state index in [0.717, 1.165) is 30.6 Å². The molecule has 4 nitrogen and oxygen atoms in total. The zero-order chi connectivity index (χ0) is 16.7. The Kier molecular flexibility index (Phi) is 7.06. The van der Waals surface area contributed by atoms with Crippen LogP contribution < -0.4 is 11.1 Å². The lowest BCUT2D eigenvalue weighted by molar-refractivity contribution is -0.117. The van der Waals surface area contributed by atoms with Gasteiger partial charge in [0.1, 0.15) is 0 Å². The van der Waals surface area contributed by atoms with Crippen LogP contribution in [0, 0.1) is 0 Å². The van der Waals surface area contributed by atoms with Crippen LogP contribution >= 0.6 is 0 Å². The van der Waals surface area contributed by atoms with E-state index in [4.69, 9.17) is 5.73 Å². The molecule has 3 N–H and O–H groups in total. The second kappa shape index (κ2) is 9.04. The zero-order valence-corrected chi connectivity index (χ0v) is 14.6. The number of nitrogens with two attached hydrogens (primary N) is 1. The minimum Gasteiger partial charge on any atom is -0.324 e. The Morgan fingerprint density at radius 3 is 2.70 bits per heavy atom. The average molecular weight is 317 g/mol. The third-order valence-corrected chi connectivity index (χ3v) is 4.83. The fourth-order valence-electron chi connectivity index (χ4n) is 3.37. The summed E-state index contributed by atoms with van der Waals surface area (Å²) < 4.78 is 0. The Morgan fingerprint density at radius 1 is 1.30 bits per heavy atom. The van der Waals surface area contributed by atoms with E-state index in [9.17, 15) is 4.79 Å². The summed E-state index contributed by atoms with van der Waals surface area (Å²) in [5.74, 6) is -0.0837. The van der Waals surface area contributed by atoms with E-state index in [0.29, 0.717) is 6.04 Å². The monoisotopic (exact) mass is 317 g/mol. The first-order valence-electron chi connectivity index (χ1n) is 8.96. The Labute approximate surface area is 140 Å². The summed E-state index contributed by atoms with van der Waals surface area (Å²) in [6.45, 7) is 2.91. The number of hydrogen-bond acceptors (Lipinski definition) is 3. The van der Waals surface area contributed by atoms with Gasteiger partial charge in [-0.3, -0.25) is 9.69 Å². The number of amides is 1. The molecule has 1 aliphatic rings. The Morgan fingerprint density at radius 2 is 2.00 bits per heavy atom. The molecule has 23 heavy (non-hydrogen) atoms. The van der Waals surface area contributed by atoms with Gasteiger partial charge in [0.15, 0.2) is 0 Å². The van der Waals surface area contributed by atoms with Crippen LogP contribution in [0.1, 0.15) is 57.4 Å². The van der Waals surface area contributed by atoms with Crippen LogP contribution in [-0.4, -0.2) is 29.9 Å². The maximum Gasteiger partial charge on any atom is 0.241 e. The average Bonchev–Trinajstić information content (AvgIpc) is 2.57. The van der Waals surface area contributed by atoms with Gasteiger partial charge < -0.3 is 11.1 Å². The third kappa shape index (κ3) is 5.33. The lowest BCUT2D eigenvalue weighted by Gasteiger charge is -2.31. The molecule has 1 aromatic carbocycles. The fraction of sp³-hybridized carbons (Fsp3) is 0.632. The molecule has 0 saturated heterocycles. The lowest BCUT2D eigenvalue weighted by Crippen LogP contribution is -2.36. The molecular weight excluding hydrogens is 286 g/mol. The molecule has 4 heteroatoms. The van der Waals surface area contributed by atoms with Crippen molar-refractivity contribution < 1.29 is 4.79 Å². The van der Waals surface area contributed by atoms with Gasteiger partial charge in [0.25, 0.3) is 0 Å². The molecular formula is C19H31N3O. The molecule has 0 aliphatic heterocycles. The second-order valence-corrected chi connectivity index (χ2v) is 6.75. The van der Waals surface area contributed by atoms with Gasteiger partial charge in [-0.2, -0.15) is 0 Å². The molecule has 1 unspecified atom stereocenters. The molecule has 1 atom stereocenters. The van der Waals surface area contributed by atoms with Crippen molar-refractivity contribution >= 4 is 11.6 Å². The van der Waals surface area contributed by atoms with E-state index in [1.807, 2.05) is 25.1 Å². The number of hydrogen-bond donors (Lipinski definition) is 2. The van der Waals surface area contributed by atoms with E-state index in [1.54, 1.807) is 0 Å². The highest BCUT2D eigenvalue weighted by Crippen LogP contribution is 2.25. The van der Waals surface area contributed by atoms with Crippen LogP contribution in [-0.2, 0) is 11.3 Å². The summed E-state index contributed by atoms with van der Waals surface area (Å²) in [5.41, 5.74) is 7.98. The summed E-state index contributed by atoms with van der Waals surface area (Å²) in [6, 6.07) is 8.30. The number of para-hydroxylation sites is 1. The predicted octanol–water partition coefficient (Wildman–Crippen LogP) is 3.52. The summed E-state index contributed by atoms with van der Waals surface area (Å²) in [6.07, 6.45) is 8.24. The van der Waals surface area contributed by atoms with Gasteiger partial charge in [0, 0.05) is 18.3 Å². The largest absolute Gasteiger partial charge is 0.324 e. The van der Waals surface area contributed by atoms with E-state index in [2.05, 4.69) is 23.3 Å². The van der Waals surface area contributed by atoms with E-state index < -0.39 is 6.04 Å². The summed E-state index contributed by atoms with van der Waals surface area (Å²) >= 11 is 0. The molecule has 1 saturated carbocycles. The van der Waals surface area contributed by atoms with Crippen LogP contribution in [0.5, 0.6) is 0 Å². The van der Waals surface area contributed by atoms with Gasteiger partial charge in [-0.05, 0) is 37.9 Å². The molecule has 1 aromatic rings. The number of rotatable bonds is 7.